The van der Waals surface area contributed by atoms with Gasteiger partial charge in [0.05, 0.1) is 16.4 Å². The maximum atomic E-state index is 6.26. The molecular formula is C52H31N5O. The van der Waals surface area contributed by atoms with Gasteiger partial charge in [0.1, 0.15) is 16.9 Å². The zero-order chi connectivity index (χ0) is 38.2. The van der Waals surface area contributed by atoms with Gasteiger partial charge in [0.15, 0.2) is 17.5 Å². The Hall–Kier alpha value is -7.96. The fourth-order valence-electron chi connectivity index (χ4n) is 8.53. The van der Waals surface area contributed by atoms with Crippen LogP contribution in [0.1, 0.15) is 0 Å². The van der Waals surface area contributed by atoms with E-state index in [2.05, 4.69) is 156 Å². The van der Waals surface area contributed by atoms with Crippen LogP contribution in [-0.4, -0.2) is 24.5 Å². The van der Waals surface area contributed by atoms with E-state index in [-0.39, 0.29) is 0 Å². The number of pyridine rings is 1. The third-order valence-corrected chi connectivity index (χ3v) is 11.3. The Bertz CT molecular complexity index is 3570. The van der Waals surface area contributed by atoms with Crippen LogP contribution in [-0.2, 0) is 0 Å². The molecule has 0 N–H and O–H groups in total. The molecule has 0 amide bonds. The first-order valence-corrected chi connectivity index (χ1v) is 19.4. The molecule has 0 saturated heterocycles. The van der Waals surface area contributed by atoms with Crippen molar-refractivity contribution >= 4 is 65.3 Å². The highest BCUT2D eigenvalue weighted by molar-refractivity contribution is 6.18. The predicted molar refractivity (Wildman–Crippen MR) is 236 cm³/mol. The fourth-order valence-corrected chi connectivity index (χ4v) is 8.53. The first kappa shape index (κ1) is 32.3. The van der Waals surface area contributed by atoms with Crippen LogP contribution in [0.5, 0.6) is 0 Å². The van der Waals surface area contributed by atoms with Crippen molar-refractivity contribution in [2.24, 2.45) is 0 Å². The Kier molecular flexibility index (Phi) is 7.13. The molecule has 0 aliphatic heterocycles. The summed E-state index contributed by atoms with van der Waals surface area (Å²) in [5.41, 5.74) is 9.70. The van der Waals surface area contributed by atoms with E-state index in [9.17, 15) is 0 Å². The van der Waals surface area contributed by atoms with Gasteiger partial charge >= 0.3 is 0 Å². The van der Waals surface area contributed by atoms with E-state index in [0.717, 1.165) is 55.0 Å². The molecular weight excluding hydrogens is 711 g/mol. The highest BCUT2D eigenvalue weighted by atomic mass is 16.3. The summed E-state index contributed by atoms with van der Waals surface area (Å²) >= 11 is 0. The van der Waals surface area contributed by atoms with Crippen LogP contribution < -0.4 is 0 Å². The van der Waals surface area contributed by atoms with Gasteiger partial charge in [-0.2, -0.15) is 0 Å². The molecule has 12 rings (SSSR count). The second-order valence-corrected chi connectivity index (χ2v) is 14.7. The van der Waals surface area contributed by atoms with Gasteiger partial charge in [-0.3, -0.25) is 4.98 Å². The third-order valence-electron chi connectivity index (χ3n) is 11.3. The summed E-state index contributed by atoms with van der Waals surface area (Å²) in [6.45, 7) is 0. The predicted octanol–water partition coefficient (Wildman–Crippen LogP) is 13.2. The molecule has 8 aromatic carbocycles. The molecule has 4 heterocycles. The Morgan fingerprint density at radius 2 is 1.03 bits per heavy atom. The summed E-state index contributed by atoms with van der Waals surface area (Å²) in [6, 6.07) is 63.5. The lowest BCUT2D eigenvalue weighted by Gasteiger charge is -2.12. The summed E-state index contributed by atoms with van der Waals surface area (Å²) in [4.78, 5) is 20.3. The summed E-state index contributed by atoms with van der Waals surface area (Å²) in [6.07, 6.45) is 1.76. The fraction of sp³-hybridized carbons (Fsp3) is 0. The molecule has 4 aromatic heterocycles. The number of aromatic nitrogens is 5. The summed E-state index contributed by atoms with van der Waals surface area (Å²) in [5, 5.41) is 8.96. The van der Waals surface area contributed by atoms with E-state index < -0.39 is 0 Å². The molecule has 0 atom stereocenters. The lowest BCUT2D eigenvalue weighted by molar-refractivity contribution is 0.668. The standard InChI is InChI=1S/C52H31N5O/c1-2-10-32(11-3-1)35-18-19-37-31-38(21-20-36(37)30-35)51-54-50(55-52(56-51)48-47-43-15-7-9-17-45(43)58-46(47)28-29-53-48)34-22-25-39(26-23-34)57-44-16-8-6-14-41(44)42-27-24-33-12-4-5-13-40(33)49(42)57/h1-31H. The molecule has 0 spiro atoms. The van der Waals surface area contributed by atoms with Gasteiger partial charge in [0, 0.05) is 44.6 Å². The van der Waals surface area contributed by atoms with Crippen molar-refractivity contribution < 1.29 is 4.42 Å². The van der Waals surface area contributed by atoms with Gasteiger partial charge in [0.25, 0.3) is 0 Å². The SMILES string of the molecule is c1ccc(-c2ccc3cc(-c4nc(-c5ccc(-n6c7ccccc7c7ccc8ccccc8c76)cc5)nc(-c5nccc6oc7ccccc7c56)n4)ccc3c2)cc1. The number of nitrogens with zero attached hydrogens (tertiary/aromatic N) is 5. The number of furan rings is 1. The average molecular weight is 742 g/mol. The van der Waals surface area contributed by atoms with Gasteiger partial charge in [-0.15, -0.1) is 0 Å². The summed E-state index contributed by atoms with van der Waals surface area (Å²) < 4.78 is 8.63. The van der Waals surface area contributed by atoms with Crippen molar-refractivity contribution in [3.63, 3.8) is 0 Å². The van der Waals surface area contributed by atoms with Crippen molar-refractivity contribution in [2.75, 3.05) is 0 Å². The van der Waals surface area contributed by atoms with Gasteiger partial charge < -0.3 is 8.98 Å². The second-order valence-electron chi connectivity index (χ2n) is 14.7. The second kappa shape index (κ2) is 12.8. The number of fused-ring (bicyclic) bond motifs is 9. The van der Waals surface area contributed by atoms with Crippen LogP contribution in [0.15, 0.2) is 193 Å². The molecule has 0 saturated carbocycles. The number of benzene rings is 8. The minimum atomic E-state index is 0.481. The zero-order valence-corrected chi connectivity index (χ0v) is 31.0. The average Bonchev–Trinajstić information content (AvgIpc) is 3.85. The lowest BCUT2D eigenvalue weighted by atomic mass is 10.00. The molecule has 6 nitrogen and oxygen atoms in total. The zero-order valence-electron chi connectivity index (χ0n) is 31.0. The maximum absolute atomic E-state index is 6.26. The number of hydrogen-bond acceptors (Lipinski definition) is 5. The van der Waals surface area contributed by atoms with Gasteiger partial charge in [-0.25, -0.2) is 15.0 Å². The minimum Gasteiger partial charge on any atom is -0.456 e. The molecule has 0 fully saturated rings. The monoisotopic (exact) mass is 741 g/mol. The lowest BCUT2D eigenvalue weighted by Crippen LogP contribution is -2.02. The van der Waals surface area contributed by atoms with Crippen LogP contribution in [0.4, 0.5) is 0 Å². The van der Waals surface area contributed by atoms with E-state index in [1.807, 2.05) is 30.3 Å². The molecule has 0 aliphatic rings. The Balaban J connectivity index is 1.03. The minimum absolute atomic E-state index is 0.481. The number of rotatable bonds is 5. The molecule has 270 valence electrons. The van der Waals surface area contributed by atoms with E-state index in [1.54, 1.807) is 6.20 Å². The summed E-state index contributed by atoms with van der Waals surface area (Å²) in [5.74, 6) is 1.61. The molecule has 6 heteroatoms. The Morgan fingerprint density at radius 3 is 1.88 bits per heavy atom. The van der Waals surface area contributed by atoms with E-state index in [0.29, 0.717) is 23.2 Å². The molecule has 12 aromatic rings. The van der Waals surface area contributed by atoms with Gasteiger partial charge in [0.2, 0.25) is 0 Å². The van der Waals surface area contributed by atoms with Crippen molar-refractivity contribution in [1.29, 1.82) is 0 Å². The molecule has 0 bridgehead atoms. The number of para-hydroxylation sites is 2. The van der Waals surface area contributed by atoms with Crippen molar-refractivity contribution in [3.8, 4) is 51.1 Å². The Morgan fingerprint density at radius 1 is 0.397 bits per heavy atom. The van der Waals surface area contributed by atoms with E-state index >= 15 is 0 Å². The quantitative estimate of drug-likeness (QED) is 0.176. The molecule has 0 radical (unpaired) electrons. The van der Waals surface area contributed by atoms with Crippen LogP contribution in [0, 0.1) is 0 Å². The van der Waals surface area contributed by atoms with Crippen molar-refractivity contribution in [1.82, 2.24) is 24.5 Å². The van der Waals surface area contributed by atoms with Crippen molar-refractivity contribution in [3.05, 3.63) is 188 Å². The Labute approximate surface area is 332 Å². The topological polar surface area (TPSA) is 69.6 Å². The van der Waals surface area contributed by atoms with Crippen LogP contribution in [0.25, 0.3) is 116 Å². The smallest absolute Gasteiger partial charge is 0.183 e. The largest absolute Gasteiger partial charge is 0.456 e. The highest BCUT2D eigenvalue weighted by Crippen LogP contribution is 2.38. The van der Waals surface area contributed by atoms with Gasteiger partial charge in [-0.05, 0) is 81.9 Å². The van der Waals surface area contributed by atoms with E-state index in [1.165, 1.54) is 38.2 Å². The van der Waals surface area contributed by atoms with E-state index in [4.69, 9.17) is 24.4 Å². The van der Waals surface area contributed by atoms with Crippen LogP contribution >= 0.6 is 0 Å². The third kappa shape index (κ3) is 5.12. The highest BCUT2D eigenvalue weighted by Gasteiger charge is 2.20. The molecule has 58 heavy (non-hydrogen) atoms. The first-order valence-electron chi connectivity index (χ1n) is 19.4. The molecule has 0 aliphatic carbocycles. The maximum Gasteiger partial charge on any atom is 0.183 e. The van der Waals surface area contributed by atoms with Crippen molar-refractivity contribution in [2.45, 2.75) is 0 Å². The normalized spacial score (nSPS) is 11.8. The molecule has 0 unspecified atom stereocenters. The number of hydrogen-bond donors (Lipinski definition) is 0. The first-order chi connectivity index (χ1) is 28.7. The van der Waals surface area contributed by atoms with Crippen LogP contribution in [0.3, 0.4) is 0 Å². The van der Waals surface area contributed by atoms with Gasteiger partial charge in [-0.1, -0.05) is 127 Å². The summed E-state index contributed by atoms with van der Waals surface area (Å²) in [7, 11) is 0. The van der Waals surface area contributed by atoms with Crippen LogP contribution in [0.2, 0.25) is 0 Å².